The zero-order valence-electron chi connectivity index (χ0n) is 32.2. The van der Waals surface area contributed by atoms with E-state index in [1.54, 1.807) is 0 Å². The van der Waals surface area contributed by atoms with Crippen LogP contribution in [0.4, 0.5) is 0 Å². The van der Waals surface area contributed by atoms with Crippen LogP contribution in [-0.2, 0) is 5.41 Å². The Kier molecular flexibility index (Phi) is 8.37. The lowest BCUT2D eigenvalue weighted by atomic mass is 9.67. The zero-order valence-corrected chi connectivity index (χ0v) is 32.2. The Morgan fingerprint density at radius 1 is 0.288 bits per heavy atom. The highest BCUT2D eigenvalue weighted by Crippen LogP contribution is 2.57. The summed E-state index contributed by atoms with van der Waals surface area (Å²) in [7, 11) is 0. The Labute approximate surface area is 344 Å². The molecule has 3 nitrogen and oxygen atoms in total. The molecule has 10 aromatic rings. The second kappa shape index (κ2) is 14.3. The van der Waals surface area contributed by atoms with E-state index >= 15 is 0 Å². The van der Waals surface area contributed by atoms with Crippen molar-refractivity contribution >= 4 is 10.8 Å². The third-order valence-electron chi connectivity index (χ3n) is 11.8. The third kappa shape index (κ3) is 5.78. The summed E-state index contributed by atoms with van der Waals surface area (Å²) in [4.78, 5) is 15.8. The van der Waals surface area contributed by atoms with Gasteiger partial charge in [0, 0.05) is 16.7 Å². The molecular weight excluding hydrogens is 715 g/mol. The molecule has 0 N–H and O–H groups in total. The maximum atomic E-state index is 5.34. The molecule has 0 saturated heterocycles. The van der Waals surface area contributed by atoms with Gasteiger partial charge in [-0.2, -0.15) is 0 Å². The molecule has 1 aliphatic rings. The average Bonchev–Trinajstić information content (AvgIpc) is 3.62. The molecule has 0 spiro atoms. The quantitative estimate of drug-likeness (QED) is 0.163. The van der Waals surface area contributed by atoms with Gasteiger partial charge in [0.1, 0.15) is 0 Å². The molecular formula is C56H37N3. The van der Waals surface area contributed by atoms with E-state index in [2.05, 4.69) is 200 Å². The van der Waals surface area contributed by atoms with Crippen molar-refractivity contribution in [2.75, 3.05) is 0 Å². The van der Waals surface area contributed by atoms with Gasteiger partial charge >= 0.3 is 0 Å². The van der Waals surface area contributed by atoms with Gasteiger partial charge in [-0.15, -0.1) is 0 Å². The summed E-state index contributed by atoms with van der Waals surface area (Å²) in [5.41, 5.74) is 14.3. The van der Waals surface area contributed by atoms with Crippen LogP contribution in [0, 0.1) is 0 Å². The van der Waals surface area contributed by atoms with E-state index in [1.807, 2.05) is 24.3 Å². The molecule has 0 radical (unpaired) electrons. The van der Waals surface area contributed by atoms with Gasteiger partial charge in [-0.3, -0.25) is 0 Å². The molecule has 1 aliphatic carbocycles. The first-order valence-electron chi connectivity index (χ1n) is 20.1. The third-order valence-corrected chi connectivity index (χ3v) is 11.8. The zero-order chi connectivity index (χ0) is 39.2. The van der Waals surface area contributed by atoms with Crippen LogP contribution in [0.1, 0.15) is 22.3 Å². The highest BCUT2D eigenvalue weighted by atomic mass is 15.0. The molecule has 11 rings (SSSR count). The normalized spacial score (nSPS) is 12.5. The van der Waals surface area contributed by atoms with Crippen LogP contribution in [-0.4, -0.2) is 15.0 Å². The molecule has 0 fully saturated rings. The fraction of sp³-hybridized carbons (Fsp3) is 0.0179. The Morgan fingerprint density at radius 2 is 0.746 bits per heavy atom. The minimum atomic E-state index is -0.520. The summed E-state index contributed by atoms with van der Waals surface area (Å²) in [5, 5.41) is 2.21. The number of benzene rings is 9. The maximum Gasteiger partial charge on any atom is 0.165 e. The van der Waals surface area contributed by atoms with Crippen molar-refractivity contribution in [3.63, 3.8) is 0 Å². The monoisotopic (exact) mass is 751 g/mol. The van der Waals surface area contributed by atoms with Gasteiger partial charge in [-0.1, -0.05) is 218 Å². The highest BCUT2D eigenvalue weighted by molar-refractivity contribution is 6.03. The summed E-state index contributed by atoms with van der Waals surface area (Å²) in [6, 6.07) is 80.1. The van der Waals surface area contributed by atoms with Gasteiger partial charge in [0.05, 0.1) is 5.41 Å². The van der Waals surface area contributed by atoms with Crippen LogP contribution in [0.2, 0.25) is 0 Å². The maximum absolute atomic E-state index is 5.34. The molecule has 59 heavy (non-hydrogen) atoms. The van der Waals surface area contributed by atoms with Crippen molar-refractivity contribution in [1.82, 2.24) is 15.0 Å². The molecule has 0 unspecified atom stereocenters. The Bertz CT molecular complexity index is 3080. The van der Waals surface area contributed by atoms with Crippen molar-refractivity contribution in [2.45, 2.75) is 5.41 Å². The lowest BCUT2D eigenvalue weighted by molar-refractivity contribution is 0.769. The van der Waals surface area contributed by atoms with Crippen molar-refractivity contribution in [1.29, 1.82) is 0 Å². The number of nitrogens with zero attached hydrogens (tertiary/aromatic N) is 3. The predicted octanol–water partition coefficient (Wildman–Crippen LogP) is 13.7. The van der Waals surface area contributed by atoms with E-state index in [0.29, 0.717) is 17.5 Å². The van der Waals surface area contributed by atoms with E-state index in [4.69, 9.17) is 15.0 Å². The molecule has 0 amide bonds. The first-order chi connectivity index (χ1) is 29.3. The Morgan fingerprint density at radius 3 is 1.42 bits per heavy atom. The second-order valence-corrected chi connectivity index (χ2v) is 15.1. The van der Waals surface area contributed by atoms with Crippen molar-refractivity contribution in [3.8, 4) is 67.5 Å². The number of aromatic nitrogens is 3. The van der Waals surface area contributed by atoms with E-state index in [-0.39, 0.29) is 0 Å². The van der Waals surface area contributed by atoms with E-state index in [9.17, 15) is 0 Å². The predicted molar refractivity (Wildman–Crippen MR) is 242 cm³/mol. The number of rotatable bonds is 7. The first-order valence-corrected chi connectivity index (χ1v) is 20.1. The molecule has 1 heterocycles. The van der Waals surface area contributed by atoms with E-state index < -0.39 is 5.41 Å². The van der Waals surface area contributed by atoms with Gasteiger partial charge < -0.3 is 0 Å². The Balaban J connectivity index is 1.16. The summed E-state index contributed by atoms with van der Waals surface area (Å²) in [5.74, 6) is 1.89. The molecule has 0 saturated carbocycles. The van der Waals surface area contributed by atoms with E-state index in [1.165, 1.54) is 38.9 Å². The van der Waals surface area contributed by atoms with Gasteiger partial charge in [0.15, 0.2) is 17.5 Å². The smallest absolute Gasteiger partial charge is 0.165 e. The molecule has 0 aliphatic heterocycles. The van der Waals surface area contributed by atoms with Crippen LogP contribution in [0.3, 0.4) is 0 Å². The molecule has 1 aromatic heterocycles. The number of hydrogen-bond acceptors (Lipinski definition) is 3. The number of hydrogen-bond donors (Lipinski definition) is 0. The minimum Gasteiger partial charge on any atom is -0.208 e. The van der Waals surface area contributed by atoms with Gasteiger partial charge in [0.2, 0.25) is 0 Å². The van der Waals surface area contributed by atoms with Crippen molar-refractivity contribution < 1.29 is 0 Å². The van der Waals surface area contributed by atoms with Crippen molar-refractivity contribution in [2.24, 2.45) is 0 Å². The summed E-state index contributed by atoms with van der Waals surface area (Å²) >= 11 is 0. The van der Waals surface area contributed by atoms with Crippen LogP contribution < -0.4 is 0 Å². The summed E-state index contributed by atoms with van der Waals surface area (Å²) in [6.45, 7) is 0. The van der Waals surface area contributed by atoms with Gasteiger partial charge in [-0.25, -0.2) is 15.0 Å². The van der Waals surface area contributed by atoms with Crippen LogP contribution in [0.25, 0.3) is 78.3 Å². The standard InChI is InChI=1S/C56H37N3/c1-5-17-38(18-6-1)39-29-31-42(32-30-39)54-57-53(41-20-7-2-8-21-41)58-55(59-54)52-46-26-14-13-19-40(46)33-35-47(52)43-34-36-49-48-27-15-16-28-50(48)56(51(49)37-43,44-22-9-3-10-23-44)45-24-11-4-12-25-45/h1-37H. The molecule has 3 heteroatoms. The lowest BCUT2D eigenvalue weighted by Crippen LogP contribution is -2.28. The average molecular weight is 752 g/mol. The number of fused-ring (bicyclic) bond motifs is 4. The first kappa shape index (κ1) is 34.5. The summed E-state index contributed by atoms with van der Waals surface area (Å²) in [6.07, 6.45) is 0. The van der Waals surface area contributed by atoms with Crippen LogP contribution in [0.15, 0.2) is 224 Å². The Hall–Kier alpha value is -7.75. The topological polar surface area (TPSA) is 38.7 Å². The molecule has 0 bridgehead atoms. The van der Waals surface area contributed by atoms with Crippen LogP contribution in [0.5, 0.6) is 0 Å². The van der Waals surface area contributed by atoms with Gasteiger partial charge in [-0.05, 0) is 72.5 Å². The SMILES string of the molecule is c1ccc(-c2ccc(-c3nc(-c4ccccc4)nc(-c4c(-c5ccc6c(c5)C(c5ccccc5)(c5ccccc5)c5ccccc5-6)ccc5ccccc45)n3)cc2)cc1. The van der Waals surface area contributed by atoms with Crippen LogP contribution >= 0.6 is 0 Å². The molecule has 9 aromatic carbocycles. The fourth-order valence-corrected chi connectivity index (χ4v) is 9.14. The van der Waals surface area contributed by atoms with Crippen molar-refractivity contribution in [3.05, 3.63) is 247 Å². The van der Waals surface area contributed by atoms with Gasteiger partial charge in [0.25, 0.3) is 0 Å². The second-order valence-electron chi connectivity index (χ2n) is 15.1. The minimum absolute atomic E-state index is 0.520. The van der Waals surface area contributed by atoms with E-state index in [0.717, 1.165) is 44.2 Å². The highest BCUT2D eigenvalue weighted by Gasteiger charge is 2.46. The largest absolute Gasteiger partial charge is 0.208 e. The summed E-state index contributed by atoms with van der Waals surface area (Å²) < 4.78 is 0. The fourth-order valence-electron chi connectivity index (χ4n) is 9.14. The lowest BCUT2D eigenvalue weighted by Gasteiger charge is -2.34. The molecule has 0 atom stereocenters. The molecule has 276 valence electrons.